The van der Waals surface area contributed by atoms with E-state index in [0.29, 0.717) is 41.5 Å². The highest BCUT2D eigenvalue weighted by molar-refractivity contribution is 7.10. The first kappa shape index (κ1) is 22.3. The molecule has 6 nitrogen and oxygen atoms in total. The van der Waals surface area contributed by atoms with Gasteiger partial charge >= 0.3 is 5.97 Å². The average molecular weight is 476 g/mol. The molecule has 3 aromatic rings. The van der Waals surface area contributed by atoms with E-state index in [1.807, 2.05) is 24.4 Å². The second-order valence-corrected chi connectivity index (χ2v) is 9.66. The number of fused-ring (bicyclic) bond motifs is 1. The van der Waals surface area contributed by atoms with Crippen molar-refractivity contribution in [3.8, 4) is 0 Å². The van der Waals surface area contributed by atoms with Crippen LogP contribution >= 0.6 is 11.3 Å². The second kappa shape index (κ2) is 9.06. The van der Waals surface area contributed by atoms with Gasteiger partial charge in [0.25, 0.3) is 0 Å². The van der Waals surface area contributed by atoms with Crippen LogP contribution in [0.15, 0.2) is 79.8 Å². The maximum atomic E-state index is 13.6. The van der Waals surface area contributed by atoms with E-state index in [0.717, 1.165) is 10.6 Å². The minimum Gasteiger partial charge on any atom is -0.464 e. The van der Waals surface area contributed by atoms with E-state index in [9.17, 15) is 14.4 Å². The third-order valence-electron chi connectivity index (χ3n) is 6.45. The molecule has 0 amide bonds. The number of rotatable bonds is 5. The minimum atomic E-state index is -0.835. The lowest BCUT2D eigenvalue weighted by Crippen LogP contribution is -2.37. The summed E-state index contributed by atoms with van der Waals surface area (Å²) in [5.41, 5.74) is 2.60. The van der Waals surface area contributed by atoms with Gasteiger partial charge < -0.3 is 14.5 Å². The van der Waals surface area contributed by atoms with E-state index in [1.54, 1.807) is 42.5 Å². The van der Waals surface area contributed by atoms with Crippen molar-refractivity contribution in [2.75, 3.05) is 6.61 Å². The Bertz CT molecular complexity index is 1400. The number of Topliss-reactive ketones (excluding diaryl/α,β-unsaturated/α-hetero) is 1. The van der Waals surface area contributed by atoms with Crippen LogP contribution in [0.25, 0.3) is 11.0 Å². The molecule has 2 aromatic heterocycles. The van der Waals surface area contributed by atoms with E-state index < -0.39 is 11.9 Å². The quantitative estimate of drug-likeness (QED) is 0.513. The van der Waals surface area contributed by atoms with E-state index in [2.05, 4.69) is 5.32 Å². The van der Waals surface area contributed by atoms with Crippen LogP contribution in [-0.2, 0) is 14.3 Å². The van der Waals surface area contributed by atoms with E-state index >= 15 is 0 Å². The number of thiophene rings is 1. The molecule has 1 N–H and O–H groups in total. The topological polar surface area (TPSA) is 85.6 Å². The van der Waals surface area contributed by atoms with Crippen LogP contribution in [0.3, 0.4) is 0 Å². The summed E-state index contributed by atoms with van der Waals surface area (Å²) < 4.78 is 11.3. The standard InChI is InChI=1S/C27H25NO5S/c1-3-10-32-27(31)23-15(2)28-19-12-16(22-9-6-11-34-22)13-20(29)25(19)24(23)18-14-33-21-8-5-4-7-17(21)26(18)30/h4-9,11,14,16,24,28H,3,10,12-13H2,1-2H3/t16-,24+/m0/s1. The molecule has 0 saturated carbocycles. The van der Waals surface area contributed by atoms with Crippen molar-refractivity contribution >= 4 is 34.1 Å². The molecule has 0 saturated heterocycles. The Balaban J connectivity index is 1.67. The lowest BCUT2D eigenvalue weighted by molar-refractivity contribution is -0.139. The van der Waals surface area contributed by atoms with Gasteiger partial charge in [-0.3, -0.25) is 9.59 Å². The first-order valence-corrected chi connectivity index (χ1v) is 12.3. The monoisotopic (exact) mass is 475 g/mol. The van der Waals surface area contributed by atoms with Gasteiger partial charge in [-0.2, -0.15) is 0 Å². The zero-order valence-corrected chi connectivity index (χ0v) is 19.9. The van der Waals surface area contributed by atoms with Crippen molar-refractivity contribution in [1.82, 2.24) is 5.32 Å². The number of nitrogens with one attached hydrogen (secondary N) is 1. The smallest absolute Gasteiger partial charge is 0.336 e. The third-order valence-corrected chi connectivity index (χ3v) is 7.48. The molecule has 0 unspecified atom stereocenters. The minimum absolute atomic E-state index is 0.0637. The number of allylic oxidation sites excluding steroid dienone is 3. The largest absolute Gasteiger partial charge is 0.464 e. The molecule has 2 atom stereocenters. The molecular weight excluding hydrogens is 450 g/mol. The summed E-state index contributed by atoms with van der Waals surface area (Å²) in [6.07, 6.45) is 3.02. The molecule has 3 heterocycles. The normalized spacial score (nSPS) is 20.4. The van der Waals surface area contributed by atoms with Crippen LogP contribution < -0.4 is 10.7 Å². The molecule has 0 spiro atoms. The fourth-order valence-corrected chi connectivity index (χ4v) is 5.74. The zero-order chi connectivity index (χ0) is 23.8. The Hall–Kier alpha value is -3.45. The Morgan fingerprint density at radius 3 is 2.76 bits per heavy atom. The van der Waals surface area contributed by atoms with Crippen LogP contribution in [0, 0.1) is 0 Å². The zero-order valence-electron chi connectivity index (χ0n) is 19.1. The maximum Gasteiger partial charge on any atom is 0.336 e. The van der Waals surface area contributed by atoms with Crippen LogP contribution in [-0.4, -0.2) is 18.4 Å². The number of para-hydroxylation sites is 1. The van der Waals surface area contributed by atoms with Gasteiger partial charge in [-0.25, -0.2) is 4.79 Å². The fraction of sp³-hybridized carbons (Fsp3) is 0.296. The van der Waals surface area contributed by atoms with Gasteiger partial charge in [0.1, 0.15) is 5.58 Å². The van der Waals surface area contributed by atoms with Crippen LogP contribution in [0.5, 0.6) is 0 Å². The molecule has 0 bridgehead atoms. The van der Waals surface area contributed by atoms with Crippen LogP contribution in [0.1, 0.15) is 55.4 Å². The molecule has 1 aliphatic heterocycles. The van der Waals surface area contributed by atoms with Gasteiger partial charge in [-0.1, -0.05) is 25.1 Å². The summed E-state index contributed by atoms with van der Waals surface area (Å²) in [5.74, 6) is -1.37. The number of ether oxygens (including phenoxy) is 1. The Labute approximate surface area is 200 Å². The highest BCUT2D eigenvalue weighted by Gasteiger charge is 2.42. The van der Waals surface area contributed by atoms with Crippen molar-refractivity contribution in [3.05, 3.63) is 91.2 Å². The summed E-state index contributed by atoms with van der Waals surface area (Å²) in [6.45, 7) is 3.97. The van der Waals surface area contributed by atoms with Gasteiger partial charge in [0.15, 0.2) is 11.2 Å². The Morgan fingerprint density at radius 2 is 2.00 bits per heavy atom. The predicted molar refractivity (Wildman–Crippen MR) is 131 cm³/mol. The Kier molecular flexibility index (Phi) is 5.96. The van der Waals surface area contributed by atoms with E-state index in [-0.39, 0.29) is 34.9 Å². The summed E-state index contributed by atoms with van der Waals surface area (Å²) >= 11 is 1.63. The van der Waals surface area contributed by atoms with Crippen LogP contribution in [0.4, 0.5) is 0 Å². The molecule has 0 fully saturated rings. The molecule has 7 heteroatoms. The Morgan fingerprint density at radius 1 is 1.18 bits per heavy atom. The number of carbonyl (C=O) groups excluding carboxylic acids is 2. The van der Waals surface area contributed by atoms with Crippen molar-refractivity contribution in [2.45, 2.75) is 44.9 Å². The van der Waals surface area contributed by atoms with Crippen molar-refractivity contribution in [3.63, 3.8) is 0 Å². The number of esters is 1. The van der Waals surface area contributed by atoms with Crippen LogP contribution in [0.2, 0.25) is 0 Å². The van der Waals surface area contributed by atoms with E-state index in [4.69, 9.17) is 9.15 Å². The first-order valence-electron chi connectivity index (χ1n) is 11.4. The molecular formula is C27H25NO5S. The van der Waals surface area contributed by atoms with Gasteiger partial charge in [0, 0.05) is 39.7 Å². The maximum absolute atomic E-state index is 13.6. The number of benzene rings is 1. The number of carbonyl (C=O) groups is 2. The molecule has 174 valence electrons. The first-order chi connectivity index (χ1) is 16.5. The van der Waals surface area contributed by atoms with Gasteiger partial charge in [0.2, 0.25) is 0 Å². The lowest BCUT2D eigenvalue weighted by Gasteiger charge is -2.36. The average Bonchev–Trinajstić information content (AvgIpc) is 3.37. The van der Waals surface area contributed by atoms with Gasteiger partial charge in [0.05, 0.1) is 29.7 Å². The molecule has 2 aliphatic rings. The summed E-state index contributed by atoms with van der Waals surface area (Å²) in [6, 6.07) is 11.0. The van der Waals surface area contributed by atoms with Crippen molar-refractivity contribution < 1.29 is 18.7 Å². The molecule has 34 heavy (non-hydrogen) atoms. The highest BCUT2D eigenvalue weighted by Crippen LogP contribution is 2.45. The number of dihydropyridines is 1. The third kappa shape index (κ3) is 3.80. The predicted octanol–water partition coefficient (Wildman–Crippen LogP) is 5.17. The summed E-state index contributed by atoms with van der Waals surface area (Å²) in [7, 11) is 0. The molecule has 1 aromatic carbocycles. The summed E-state index contributed by atoms with van der Waals surface area (Å²) in [5, 5.41) is 5.74. The van der Waals surface area contributed by atoms with Gasteiger partial charge in [-0.05, 0) is 43.3 Å². The second-order valence-electron chi connectivity index (χ2n) is 8.68. The van der Waals surface area contributed by atoms with E-state index in [1.165, 1.54) is 6.26 Å². The molecule has 5 rings (SSSR count). The fourth-order valence-electron chi connectivity index (χ4n) is 4.91. The number of hydrogen-bond acceptors (Lipinski definition) is 7. The van der Waals surface area contributed by atoms with Crippen molar-refractivity contribution in [1.29, 1.82) is 0 Å². The van der Waals surface area contributed by atoms with Gasteiger partial charge in [-0.15, -0.1) is 11.3 Å². The lowest BCUT2D eigenvalue weighted by atomic mass is 9.73. The van der Waals surface area contributed by atoms with Crippen molar-refractivity contribution in [2.24, 2.45) is 0 Å². The highest BCUT2D eigenvalue weighted by atomic mass is 32.1. The SMILES string of the molecule is CCCOC(=O)C1=C(C)NC2=C(C(=O)C[C@@H](c3cccs3)C2)[C@@H]1c1coc2ccccc2c1=O. The molecule has 0 radical (unpaired) electrons. The number of hydrogen-bond donors (Lipinski definition) is 1. The molecule has 1 aliphatic carbocycles. The summed E-state index contributed by atoms with van der Waals surface area (Å²) in [4.78, 5) is 41.5. The number of ketones is 1.